The van der Waals surface area contributed by atoms with Gasteiger partial charge in [0.1, 0.15) is 5.75 Å². The van der Waals surface area contributed by atoms with Crippen molar-refractivity contribution in [1.82, 2.24) is 4.72 Å². The summed E-state index contributed by atoms with van der Waals surface area (Å²) in [5.74, 6) is 0.680. The maximum absolute atomic E-state index is 12.6. The zero-order chi connectivity index (χ0) is 16.4. The lowest BCUT2D eigenvalue weighted by Crippen LogP contribution is -2.38. The van der Waals surface area contributed by atoms with Gasteiger partial charge in [0.25, 0.3) is 0 Å². The number of aryl methyl sites for hydroxylation is 2. The molecule has 2 rings (SSSR count). The van der Waals surface area contributed by atoms with E-state index in [0.717, 1.165) is 31.2 Å². The Kier molecular flexibility index (Phi) is 5.14. The molecule has 124 valence electrons. The summed E-state index contributed by atoms with van der Waals surface area (Å²) in [6, 6.07) is 3.37. The first-order valence-electron chi connectivity index (χ1n) is 7.59. The summed E-state index contributed by atoms with van der Waals surface area (Å²) in [5.41, 5.74) is 1.13. The summed E-state index contributed by atoms with van der Waals surface area (Å²) in [4.78, 5) is 0.275. The van der Waals surface area contributed by atoms with Gasteiger partial charge in [-0.3, -0.25) is 0 Å². The monoisotopic (exact) mass is 327 g/mol. The van der Waals surface area contributed by atoms with Crippen molar-refractivity contribution in [3.05, 3.63) is 23.3 Å². The van der Waals surface area contributed by atoms with Crippen LogP contribution in [0.25, 0.3) is 0 Å². The van der Waals surface area contributed by atoms with Crippen LogP contribution in [0.3, 0.4) is 0 Å². The second kappa shape index (κ2) is 6.56. The Morgan fingerprint density at radius 3 is 2.41 bits per heavy atom. The van der Waals surface area contributed by atoms with Crippen LogP contribution in [-0.2, 0) is 10.0 Å². The van der Waals surface area contributed by atoms with Crippen molar-refractivity contribution in [2.75, 3.05) is 20.3 Å². The Morgan fingerprint density at radius 2 is 1.86 bits per heavy atom. The molecular formula is C16H25NO4S. The quantitative estimate of drug-likeness (QED) is 0.839. The minimum Gasteiger partial charge on any atom is -0.496 e. The molecule has 0 unspecified atom stereocenters. The first-order chi connectivity index (χ1) is 10.3. The molecule has 1 aromatic carbocycles. The van der Waals surface area contributed by atoms with Crippen LogP contribution < -0.4 is 9.46 Å². The fraction of sp³-hybridized carbons (Fsp3) is 0.625. The third kappa shape index (κ3) is 3.45. The second-order valence-corrected chi connectivity index (χ2v) is 8.01. The van der Waals surface area contributed by atoms with Crippen molar-refractivity contribution >= 4 is 10.0 Å². The third-order valence-corrected chi connectivity index (χ3v) is 6.16. The van der Waals surface area contributed by atoms with Gasteiger partial charge in [0.15, 0.2) is 0 Å². The van der Waals surface area contributed by atoms with Gasteiger partial charge in [0.05, 0.1) is 12.0 Å². The SMILES string of the molecule is COc1cc(C)c(S(=O)(=O)NCC2(CO)CCCC2)cc1C. The number of hydrogen-bond donors (Lipinski definition) is 2. The first-order valence-corrected chi connectivity index (χ1v) is 9.08. The highest BCUT2D eigenvalue weighted by atomic mass is 32.2. The minimum absolute atomic E-state index is 0.0240. The van der Waals surface area contributed by atoms with Gasteiger partial charge >= 0.3 is 0 Å². The van der Waals surface area contributed by atoms with Gasteiger partial charge in [-0.15, -0.1) is 0 Å². The molecule has 0 bridgehead atoms. The van der Waals surface area contributed by atoms with Gasteiger partial charge in [-0.1, -0.05) is 12.8 Å². The van der Waals surface area contributed by atoms with Crippen molar-refractivity contribution in [3.8, 4) is 5.75 Å². The average Bonchev–Trinajstić information content (AvgIpc) is 2.96. The van der Waals surface area contributed by atoms with E-state index in [9.17, 15) is 13.5 Å². The molecule has 1 aliphatic rings. The molecule has 0 aliphatic heterocycles. The molecule has 1 fully saturated rings. The van der Waals surface area contributed by atoms with Crippen molar-refractivity contribution in [3.63, 3.8) is 0 Å². The lowest BCUT2D eigenvalue weighted by atomic mass is 9.88. The predicted octanol–water partition coefficient (Wildman–Crippen LogP) is 2.14. The van der Waals surface area contributed by atoms with Crippen LogP contribution in [-0.4, -0.2) is 33.8 Å². The van der Waals surface area contributed by atoms with E-state index in [2.05, 4.69) is 4.72 Å². The molecule has 1 aromatic rings. The molecule has 0 spiro atoms. The van der Waals surface area contributed by atoms with Crippen LogP contribution in [0.4, 0.5) is 0 Å². The van der Waals surface area contributed by atoms with E-state index < -0.39 is 10.0 Å². The Balaban J connectivity index is 2.22. The number of ether oxygens (including phenoxy) is 1. The summed E-state index contributed by atoms with van der Waals surface area (Å²) in [7, 11) is -2.02. The van der Waals surface area contributed by atoms with E-state index in [1.807, 2.05) is 6.92 Å². The normalized spacial score (nSPS) is 17.6. The van der Waals surface area contributed by atoms with Gasteiger partial charge in [-0.25, -0.2) is 13.1 Å². The Hall–Kier alpha value is -1.11. The van der Waals surface area contributed by atoms with E-state index in [0.29, 0.717) is 11.3 Å². The van der Waals surface area contributed by atoms with E-state index in [4.69, 9.17) is 4.74 Å². The van der Waals surface area contributed by atoms with Gasteiger partial charge < -0.3 is 9.84 Å². The number of aliphatic hydroxyl groups excluding tert-OH is 1. The largest absolute Gasteiger partial charge is 0.496 e. The van der Waals surface area contributed by atoms with Crippen LogP contribution in [0.1, 0.15) is 36.8 Å². The number of nitrogens with one attached hydrogen (secondary N) is 1. The molecule has 6 heteroatoms. The topological polar surface area (TPSA) is 75.6 Å². The molecule has 0 saturated heterocycles. The highest BCUT2D eigenvalue weighted by Gasteiger charge is 2.34. The zero-order valence-electron chi connectivity index (χ0n) is 13.5. The minimum atomic E-state index is -3.59. The van der Waals surface area contributed by atoms with Crippen molar-refractivity contribution in [2.45, 2.75) is 44.4 Å². The zero-order valence-corrected chi connectivity index (χ0v) is 14.3. The molecule has 0 aromatic heterocycles. The van der Waals surface area contributed by atoms with Crippen LogP contribution in [0, 0.1) is 19.3 Å². The Labute approximate surface area is 132 Å². The van der Waals surface area contributed by atoms with E-state index in [1.165, 1.54) is 0 Å². The van der Waals surface area contributed by atoms with Crippen LogP contribution >= 0.6 is 0 Å². The molecule has 0 radical (unpaired) electrons. The first kappa shape index (κ1) is 17.2. The lowest BCUT2D eigenvalue weighted by Gasteiger charge is -2.26. The number of hydrogen-bond acceptors (Lipinski definition) is 4. The molecule has 22 heavy (non-hydrogen) atoms. The van der Waals surface area contributed by atoms with Gasteiger partial charge in [0, 0.05) is 18.6 Å². The summed E-state index contributed by atoms with van der Waals surface area (Å²) >= 11 is 0. The van der Waals surface area contributed by atoms with Gasteiger partial charge in [-0.2, -0.15) is 0 Å². The molecule has 0 atom stereocenters. The number of aliphatic hydroxyl groups is 1. The third-order valence-electron chi connectivity index (χ3n) is 4.62. The fourth-order valence-corrected chi connectivity index (χ4v) is 4.58. The smallest absolute Gasteiger partial charge is 0.240 e. The lowest BCUT2D eigenvalue weighted by molar-refractivity contribution is 0.134. The van der Waals surface area contributed by atoms with Crippen molar-refractivity contribution in [1.29, 1.82) is 0 Å². The summed E-state index contributed by atoms with van der Waals surface area (Å²) < 4.78 is 33.1. The average molecular weight is 327 g/mol. The van der Waals surface area contributed by atoms with Crippen molar-refractivity contribution < 1.29 is 18.3 Å². The number of rotatable bonds is 6. The maximum atomic E-state index is 12.6. The highest BCUT2D eigenvalue weighted by Crippen LogP contribution is 2.37. The number of methoxy groups -OCH3 is 1. The van der Waals surface area contributed by atoms with E-state index >= 15 is 0 Å². The molecule has 2 N–H and O–H groups in total. The van der Waals surface area contributed by atoms with E-state index in [1.54, 1.807) is 26.2 Å². The Morgan fingerprint density at radius 1 is 1.23 bits per heavy atom. The van der Waals surface area contributed by atoms with Crippen LogP contribution in [0.2, 0.25) is 0 Å². The molecule has 0 amide bonds. The predicted molar refractivity (Wildman–Crippen MR) is 85.6 cm³/mol. The van der Waals surface area contributed by atoms with E-state index in [-0.39, 0.29) is 23.5 Å². The molecule has 0 heterocycles. The second-order valence-electron chi connectivity index (χ2n) is 6.28. The standard InChI is InChI=1S/C16H25NO4S/c1-12-9-15(13(2)8-14(12)21-3)22(19,20)17-10-16(11-18)6-4-5-7-16/h8-9,17-18H,4-7,10-11H2,1-3H3. The Bertz CT molecular complexity index is 634. The van der Waals surface area contributed by atoms with Gasteiger partial charge in [0.2, 0.25) is 10.0 Å². The van der Waals surface area contributed by atoms with Gasteiger partial charge in [-0.05, 0) is 49.9 Å². The van der Waals surface area contributed by atoms with Crippen molar-refractivity contribution in [2.24, 2.45) is 5.41 Å². The van der Waals surface area contributed by atoms with Crippen LogP contribution in [0.15, 0.2) is 17.0 Å². The maximum Gasteiger partial charge on any atom is 0.240 e. The number of sulfonamides is 1. The molecule has 1 saturated carbocycles. The summed E-state index contributed by atoms with van der Waals surface area (Å²) in [6.45, 7) is 3.89. The fourth-order valence-electron chi connectivity index (χ4n) is 3.11. The summed E-state index contributed by atoms with van der Waals surface area (Å²) in [6.07, 6.45) is 3.82. The highest BCUT2D eigenvalue weighted by molar-refractivity contribution is 7.89. The molecule has 1 aliphatic carbocycles. The molecular weight excluding hydrogens is 302 g/mol. The number of benzene rings is 1. The molecule has 5 nitrogen and oxygen atoms in total. The summed E-state index contributed by atoms with van der Waals surface area (Å²) in [5, 5.41) is 9.60. The van der Waals surface area contributed by atoms with Crippen LogP contribution in [0.5, 0.6) is 5.75 Å².